The predicted octanol–water partition coefficient (Wildman–Crippen LogP) is -3.21. The minimum absolute atomic E-state index is 0. The minimum Gasteiger partial charge on any atom is -0.652 e. The molecular formula is CBiMgO3+3. The van der Waals surface area contributed by atoms with E-state index in [-0.39, 0.29) is 49.3 Å². The van der Waals surface area contributed by atoms with Crippen molar-refractivity contribution in [2.75, 3.05) is 0 Å². The zero-order chi connectivity index (χ0) is 3.58. The second-order valence-corrected chi connectivity index (χ2v) is 0.250. The fourth-order valence-corrected chi connectivity index (χ4v) is 0. The van der Waals surface area contributed by atoms with E-state index in [0.29, 0.717) is 0 Å². The molecular weight excluding hydrogens is 293 g/mol. The molecule has 0 atom stereocenters. The molecule has 0 unspecified atom stereocenters. The van der Waals surface area contributed by atoms with Crippen LogP contribution >= 0.6 is 0 Å². The van der Waals surface area contributed by atoms with Crippen molar-refractivity contribution in [2.45, 2.75) is 0 Å². The molecule has 5 heteroatoms. The van der Waals surface area contributed by atoms with Crippen LogP contribution in [-0.2, 0) is 0 Å². The molecule has 0 bridgehead atoms. The van der Waals surface area contributed by atoms with Gasteiger partial charge in [0.1, 0.15) is 0 Å². The van der Waals surface area contributed by atoms with Crippen LogP contribution in [0.5, 0.6) is 0 Å². The Balaban J connectivity index is -0.0000000450. The first-order valence-electron chi connectivity index (χ1n) is 0.612. The summed E-state index contributed by atoms with van der Waals surface area (Å²) in [6, 6.07) is 0. The van der Waals surface area contributed by atoms with Crippen molar-refractivity contribution in [3.63, 3.8) is 0 Å². The van der Waals surface area contributed by atoms with Gasteiger partial charge < -0.3 is 15.0 Å². The molecule has 6 heavy (non-hydrogen) atoms. The van der Waals surface area contributed by atoms with Gasteiger partial charge in [0.2, 0.25) is 0 Å². The zero-order valence-electron chi connectivity index (χ0n) is 2.88. The van der Waals surface area contributed by atoms with Crippen LogP contribution in [0.2, 0.25) is 0 Å². The Labute approximate surface area is 70.0 Å². The van der Waals surface area contributed by atoms with Gasteiger partial charge >= 0.3 is 49.3 Å². The molecule has 2 radical (unpaired) electrons. The second kappa shape index (κ2) is 9.33. The van der Waals surface area contributed by atoms with Gasteiger partial charge in [-0.15, -0.1) is 0 Å². The topological polar surface area (TPSA) is 63.2 Å². The van der Waals surface area contributed by atoms with Crippen molar-refractivity contribution >= 4 is 55.4 Å². The molecule has 0 amide bonds. The number of rotatable bonds is 0. The third-order valence-electron chi connectivity index (χ3n) is 0. The largest absolute Gasteiger partial charge is 3.00 e. The number of carboxylic acid groups (broad SMARTS) is 2. The van der Waals surface area contributed by atoms with Crippen molar-refractivity contribution in [3.8, 4) is 0 Å². The summed E-state index contributed by atoms with van der Waals surface area (Å²) in [7, 11) is 0. The van der Waals surface area contributed by atoms with Crippen LogP contribution in [0.3, 0.4) is 0 Å². The Hall–Kier alpha value is 0.919. The molecule has 26 valence electrons. The molecule has 0 heterocycles. The summed E-state index contributed by atoms with van der Waals surface area (Å²) in [6.07, 6.45) is -2.33. The monoisotopic (exact) mass is 293 g/mol. The first-order valence-corrected chi connectivity index (χ1v) is 0.612. The third-order valence-corrected chi connectivity index (χ3v) is 0. The number of carbonyl (C=O) groups excluding carboxylic acids is 1. The third kappa shape index (κ3) is 89.4. The van der Waals surface area contributed by atoms with E-state index in [2.05, 4.69) is 0 Å². The average Bonchev–Trinajstić information content (AvgIpc) is 0.811. The van der Waals surface area contributed by atoms with E-state index in [0.717, 1.165) is 0 Å². The second-order valence-electron chi connectivity index (χ2n) is 0.250. The van der Waals surface area contributed by atoms with E-state index in [9.17, 15) is 0 Å². The van der Waals surface area contributed by atoms with Gasteiger partial charge in [-0.1, -0.05) is 0 Å². The summed E-state index contributed by atoms with van der Waals surface area (Å²) >= 11 is 0. The Morgan fingerprint density at radius 1 is 1.33 bits per heavy atom. The molecule has 0 fully saturated rings. The molecule has 0 aromatic heterocycles. The van der Waals surface area contributed by atoms with Crippen molar-refractivity contribution in [2.24, 2.45) is 0 Å². The fourth-order valence-electron chi connectivity index (χ4n) is 0. The van der Waals surface area contributed by atoms with Gasteiger partial charge in [-0.25, -0.2) is 0 Å². The number of hydrogen-bond acceptors (Lipinski definition) is 3. The molecule has 0 saturated carbocycles. The molecule has 0 aliphatic carbocycles. The van der Waals surface area contributed by atoms with Crippen LogP contribution in [0.25, 0.3) is 0 Å². The smallest absolute Gasteiger partial charge is 0.652 e. The van der Waals surface area contributed by atoms with E-state index in [1.54, 1.807) is 0 Å². The van der Waals surface area contributed by atoms with Gasteiger partial charge in [-0.05, 0) is 6.16 Å². The first kappa shape index (κ1) is 15.8. The van der Waals surface area contributed by atoms with Crippen LogP contribution in [0.4, 0.5) is 4.79 Å². The van der Waals surface area contributed by atoms with Crippen molar-refractivity contribution < 1.29 is 15.0 Å². The number of carbonyl (C=O) groups is 1. The van der Waals surface area contributed by atoms with E-state index in [1.165, 1.54) is 0 Å². The van der Waals surface area contributed by atoms with Gasteiger partial charge in [0.05, 0.1) is 0 Å². The van der Waals surface area contributed by atoms with Crippen LogP contribution in [0.1, 0.15) is 0 Å². The van der Waals surface area contributed by atoms with Gasteiger partial charge in [0.15, 0.2) is 0 Å². The molecule has 0 rings (SSSR count). The molecule has 0 saturated heterocycles. The standard InChI is InChI=1S/CH2O3.Bi.Mg/c2-1(3)4;;/h(H2,2,3,4);;/q;+3;+2/p-2. The van der Waals surface area contributed by atoms with Gasteiger partial charge in [0.25, 0.3) is 0 Å². The SMILES string of the molecule is O=C([O-])[O-].[Bi+3].[Mg+2]. The molecule has 3 nitrogen and oxygen atoms in total. The van der Waals surface area contributed by atoms with E-state index in [4.69, 9.17) is 15.0 Å². The zero-order valence-corrected chi connectivity index (χ0v) is 7.77. The molecule has 0 aromatic rings. The Morgan fingerprint density at radius 2 is 1.33 bits per heavy atom. The summed E-state index contributed by atoms with van der Waals surface area (Å²) < 4.78 is 0. The summed E-state index contributed by atoms with van der Waals surface area (Å²) in [4.78, 5) is 8.33. The summed E-state index contributed by atoms with van der Waals surface area (Å²) in [5.41, 5.74) is 0. The van der Waals surface area contributed by atoms with Crippen molar-refractivity contribution in [3.05, 3.63) is 0 Å². The van der Waals surface area contributed by atoms with Crippen LogP contribution in [0, 0.1) is 0 Å². The normalized spacial score (nSPS) is 4.00. The van der Waals surface area contributed by atoms with E-state index < -0.39 is 6.16 Å². The molecule has 0 aromatic carbocycles. The van der Waals surface area contributed by atoms with Crippen LogP contribution in [0.15, 0.2) is 0 Å². The van der Waals surface area contributed by atoms with Crippen molar-refractivity contribution in [1.82, 2.24) is 0 Å². The van der Waals surface area contributed by atoms with Crippen LogP contribution < -0.4 is 10.2 Å². The van der Waals surface area contributed by atoms with Gasteiger partial charge in [-0.2, -0.15) is 0 Å². The molecule has 0 N–H and O–H groups in total. The maximum atomic E-state index is 8.33. The Bertz CT molecular complexity index is 33.8. The van der Waals surface area contributed by atoms with E-state index in [1.807, 2.05) is 0 Å². The quantitative estimate of drug-likeness (QED) is 0.442. The molecule has 0 aliphatic rings. The maximum absolute atomic E-state index is 8.33. The summed E-state index contributed by atoms with van der Waals surface area (Å²) in [5.74, 6) is 0. The Morgan fingerprint density at radius 3 is 1.33 bits per heavy atom. The predicted molar refractivity (Wildman–Crippen MR) is 16.9 cm³/mol. The van der Waals surface area contributed by atoms with Gasteiger partial charge in [0, 0.05) is 0 Å². The van der Waals surface area contributed by atoms with Crippen LogP contribution in [-0.4, -0.2) is 55.4 Å². The van der Waals surface area contributed by atoms with Gasteiger partial charge in [-0.3, -0.25) is 0 Å². The Kier molecular flexibility index (Phi) is 24.5. The summed E-state index contributed by atoms with van der Waals surface area (Å²) in [5, 5.41) is 16.7. The summed E-state index contributed by atoms with van der Waals surface area (Å²) in [6.45, 7) is 0. The average molecular weight is 293 g/mol. The maximum Gasteiger partial charge on any atom is 3.00 e. The van der Waals surface area contributed by atoms with E-state index >= 15 is 0 Å². The fraction of sp³-hybridized carbons (Fsp3) is 0. The van der Waals surface area contributed by atoms with Crippen molar-refractivity contribution in [1.29, 1.82) is 0 Å². The minimum atomic E-state index is -2.33. The molecule has 0 aliphatic heterocycles. The molecule has 0 spiro atoms. The number of hydrogen-bond donors (Lipinski definition) is 0. The first-order chi connectivity index (χ1) is 1.73.